The molecule has 4 nitrogen and oxygen atoms in total. The molecule has 0 bridgehead atoms. The minimum atomic E-state index is -0.727. The van der Waals surface area contributed by atoms with Crippen LogP contribution in [0.5, 0.6) is 0 Å². The maximum Gasteiger partial charge on any atom is 0.334 e. The first-order valence-electron chi connectivity index (χ1n) is 6.49. The van der Waals surface area contributed by atoms with Crippen molar-refractivity contribution in [3.63, 3.8) is 0 Å². The van der Waals surface area contributed by atoms with Gasteiger partial charge in [-0.25, -0.2) is 4.79 Å². The highest BCUT2D eigenvalue weighted by Crippen LogP contribution is 2.34. The third-order valence-electron chi connectivity index (χ3n) is 3.66. The molecule has 0 unspecified atom stereocenters. The lowest BCUT2D eigenvalue weighted by atomic mass is 9.85. The first kappa shape index (κ1) is 14.0. The zero-order valence-corrected chi connectivity index (χ0v) is 11.3. The molecule has 2 rings (SSSR count). The van der Waals surface area contributed by atoms with Crippen LogP contribution in [-0.4, -0.2) is 34.5 Å². The van der Waals surface area contributed by atoms with Crippen molar-refractivity contribution in [3.8, 4) is 0 Å². The second-order valence-corrected chi connectivity index (χ2v) is 5.49. The van der Waals surface area contributed by atoms with Gasteiger partial charge in [0.15, 0.2) is 0 Å². The van der Waals surface area contributed by atoms with E-state index >= 15 is 0 Å². The molecule has 0 amide bonds. The fraction of sp³-hybridized carbons (Fsp3) is 0.533. The van der Waals surface area contributed by atoms with Crippen LogP contribution in [-0.2, 0) is 9.53 Å². The Kier molecular flexibility index (Phi) is 3.92. The summed E-state index contributed by atoms with van der Waals surface area (Å²) >= 11 is 0. The lowest BCUT2D eigenvalue weighted by molar-refractivity contribution is -0.137. The largest absolute Gasteiger partial charge is 0.454 e. The van der Waals surface area contributed by atoms with Crippen LogP contribution in [0.15, 0.2) is 35.5 Å². The van der Waals surface area contributed by atoms with Gasteiger partial charge in [-0.15, -0.1) is 0 Å². The van der Waals surface area contributed by atoms with Gasteiger partial charge in [-0.2, -0.15) is 0 Å². The Labute approximate surface area is 113 Å². The molecule has 0 aromatic rings. The molecule has 0 saturated carbocycles. The van der Waals surface area contributed by atoms with E-state index in [4.69, 9.17) is 4.74 Å². The zero-order chi connectivity index (χ0) is 14.2. The van der Waals surface area contributed by atoms with E-state index < -0.39 is 30.2 Å². The number of carbonyl (C=O) groups excluding carboxylic acids is 1. The summed E-state index contributed by atoms with van der Waals surface area (Å²) < 4.78 is 5.24. The third kappa shape index (κ3) is 2.96. The Morgan fingerprint density at radius 2 is 1.84 bits per heavy atom. The summed E-state index contributed by atoms with van der Waals surface area (Å²) in [6.07, 6.45) is 2.69. The molecular formula is C15H20O4. The highest BCUT2D eigenvalue weighted by molar-refractivity contribution is 5.91. The predicted octanol–water partition coefficient (Wildman–Crippen LogP) is 1.49. The fourth-order valence-corrected chi connectivity index (χ4v) is 2.79. The second-order valence-electron chi connectivity index (χ2n) is 5.49. The van der Waals surface area contributed by atoms with Crippen molar-refractivity contribution in [1.82, 2.24) is 0 Å². The Hall–Kier alpha value is -1.39. The predicted molar refractivity (Wildman–Crippen MR) is 71.3 cm³/mol. The van der Waals surface area contributed by atoms with Gasteiger partial charge in [0.2, 0.25) is 0 Å². The van der Waals surface area contributed by atoms with E-state index in [0.717, 1.165) is 11.1 Å². The number of aliphatic hydroxyl groups excluding tert-OH is 2. The van der Waals surface area contributed by atoms with Crippen molar-refractivity contribution in [2.75, 3.05) is 0 Å². The Morgan fingerprint density at radius 1 is 1.21 bits per heavy atom. The highest BCUT2D eigenvalue weighted by atomic mass is 16.6. The molecule has 1 saturated heterocycles. The van der Waals surface area contributed by atoms with Crippen molar-refractivity contribution in [3.05, 3.63) is 35.5 Å². The number of fused-ring (bicyclic) bond motifs is 1. The van der Waals surface area contributed by atoms with E-state index in [0.29, 0.717) is 18.4 Å². The molecule has 0 aromatic heterocycles. The molecule has 19 heavy (non-hydrogen) atoms. The number of rotatable bonds is 0. The molecule has 0 aromatic carbocycles. The molecule has 1 heterocycles. The second kappa shape index (κ2) is 5.31. The van der Waals surface area contributed by atoms with E-state index in [-0.39, 0.29) is 0 Å². The van der Waals surface area contributed by atoms with E-state index in [1.54, 1.807) is 6.08 Å². The van der Waals surface area contributed by atoms with E-state index in [1.807, 2.05) is 19.9 Å². The molecule has 2 aliphatic rings. The smallest absolute Gasteiger partial charge is 0.334 e. The highest BCUT2D eigenvalue weighted by Gasteiger charge is 2.42. The van der Waals surface area contributed by atoms with Crippen LogP contribution in [0.1, 0.15) is 26.7 Å². The summed E-state index contributed by atoms with van der Waals surface area (Å²) in [5, 5.41) is 20.2. The SMILES string of the molecule is C=C1C(=O)O[C@H]2/C=C(\C)C[C@@H](O)/C=C(\C)C[C@H](O)[C@H]12. The molecule has 1 aliphatic heterocycles. The van der Waals surface area contributed by atoms with Crippen molar-refractivity contribution >= 4 is 5.97 Å². The first-order chi connectivity index (χ1) is 8.88. The molecular weight excluding hydrogens is 244 g/mol. The van der Waals surface area contributed by atoms with Crippen molar-refractivity contribution < 1.29 is 19.7 Å². The van der Waals surface area contributed by atoms with Gasteiger partial charge in [0.25, 0.3) is 0 Å². The van der Waals surface area contributed by atoms with Crippen molar-refractivity contribution in [1.29, 1.82) is 0 Å². The van der Waals surface area contributed by atoms with Crippen LogP contribution >= 0.6 is 0 Å². The molecule has 1 aliphatic carbocycles. The topological polar surface area (TPSA) is 66.8 Å². The van der Waals surface area contributed by atoms with Crippen LogP contribution in [0.25, 0.3) is 0 Å². The summed E-state index contributed by atoms with van der Waals surface area (Å²) in [4.78, 5) is 11.6. The van der Waals surface area contributed by atoms with Gasteiger partial charge < -0.3 is 14.9 Å². The lowest BCUT2D eigenvalue weighted by Gasteiger charge is -2.23. The Balaban J connectivity index is 2.36. The maximum atomic E-state index is 11.6. The normalized spacial score (nSPS) is 41.7. The standard InChI is InChI=1S/C15H20O4/c1-8-4-11(16)5-9(2)7-13-14(12(17)6-8)10(3)15(18)19-13/h4,7,11-14,16-17H,3,5-6H2,1-2H3/b8-4+,9-7+/t11-,12-,13-,14-/m0/s1. The number of ether oxygens (including phenoxy) is 1. The summed E-state index contributed by atoms with van der Waals surface area (Å²) in [7, 11) is 0. The van der Waals surface area contributed by atoms with Crippen LogP contribution in [0.4, 0.5) is 0 Å². The van der Waals surface area contributed by atoms with Crippen molar-refractivity contribution in [2.24, 2.45) is 5.92 Å². The molecule has 2 N–H and O–H groups in total. The van der Waals surface area contributed by atoms with E-state index in [9.17, 15) is 15.0 Å². The fourth-order valence-electron chi connectivity index (χ4n) is 2.79. The lowest BCUT2D eigenvalue weighted by Crippen LogP contribution is -2.29. The van der Waals surface area contributed by atoms with Gasteiger partial charge >= 0.3 is 5.97 Å². The molecule has 1 fully saturated rings. The van der Waals surface area contributed by atoms with Gasteiger partial charge in [0.1, 0.15) is 6.10 Å². The summed E-state index contributed by atoms with van der Waals surface area (Å²) in [5.41, 5.74) is 2.17. The van der Waals surface area contributed by atoms with Gasteiger partial charge in [-0.05, 0) is 32.8 Å². The zero-order valence-electron chi connectivity index (χ0n) is 11.3. The van der Waals surface area contributed by atoms with Crippen LogP contribution < -0.4 is 0 Å². The van der Waals surface area contributed by atoms with Crippen LogP contribution in [0.2, 0.25) is 0 Å². The average Bonchev–Trinajstić information content (AvgIpc) is 2.52. The summed E-state index contributed by atoms with van der Waals surface area (Å²) in [5.74, 6) is -0.847. The van der Waals surface area contributed by atoms with Gasteiger partial charge in [-0.3, -0.25) is 0 Å². The number of esters is 1. The first-order valence-corrected chi connectivity index (χ1v) is 6.49. The molecule has 0 radical (unpaired) electrons. The third-order valence-corrected chi connectivity index (χ3v) is 3.66. The molecule has 4 atom stereocenters. The van der Waals surface area contributed by atoms with Gasteiger partial charge in [0.05, 0.1) is 18.1 Å². The van der Waals surface area contributed by atoms with E-state index in [1.165, 1.54) is 0 Å². The van der Waals surface area contributed by atoms with E-state index in [2.05, 4.69) is 6.58 Å². The number of hydrogen-bond acceptors (Lipinski definition) is 4. The number of aliphatic hydroxyl groups is 2. The Bertz CT molecular complexity index is 461. The minimum Gasteiger partial charge on any atom is -0.454 e. The molecule has 104 valence electrons. The maximum absolute atomic E-state index is 11.6. The van der Waals surface area contributed by atoms with Gasteiger partial charge in [0, 0.05) is 5.57 Å². The summed E-state index contributed by atoms with van der Waals surface area (Å²) in [6, 6.07) is 0. The summed E-state index contributed by atoms with van der Waals surface area (Å²) in [6.45, 7) is 7.47. The average molecular weight is 264 g/mol. The van der Waals surface area contributed by atoms with Gasteiger partial charge in [-0.1, -0.05) is 23.8 Å². The van der Waals surface area contributed by atoms with Crippen LogP contribution in [0, 0.1) is 5.92 Å². The minimum absolute atomic E-state index is 0.329. The molecule has 0 spiro atoms. The molecule has 4 heteroatoms. The monoisotopic (exact) mass is 264 g/mol. The number of carbonyl (C=O) groups is 1. The quantitative estimate of drug-likeness (QED) is 0.395. The number of hydrogen-bond donors (Lipinski definition) is 2. The van der Waals surface area contributed by atoms with Crippen LogP contribution in [0.3, 0.4) is 0 Å². The Morgan fingerprint density at radius 3 is 2.53 bits per heavy atom. The van der Waals surface area contributed by atoms with Crippen molar-refractivity contribution in [2.45, 2.75) is 45.0 Å².